The first-order valence-electron chi connectivity index (χ1n) is 5.91. The minimum atomic E-state index is -0.602. The maximum Gasteiger partial charge on any atom is 0.344 e. The number of carbonyl (C=O) groups is 2. The minimum absolute atomic E-state index is 0.243. The average molecular weight is 346 g/mol. The van der Waals surface area contributed by atoms with Gasteiger partial charge in [-0.3, -0.25) is 4.79 Å². The molecule has 0 saturated heterocycles. The molecule has 0 aliphatic rings. The summed E-state index contributed by atoms with van der Waals surface area (Å²) in [4.78, 5) is 22.6. The zero-order valence-corrected chi connectivity index (χ0v) is 12.6. The molecule has 6 nitrogen and oxygen atoms in total. The molecule has 7 heteroatoms. The van der Waals surface area contributed by atoms with E-state index in [0.717, 1.165) is 4.47 Å². The summed E-state index contributed by atoms with van der Waals surface area (Å²) < 4.78 is 15.6. The van der Waals surface area contributed by atoms with Crippen LogP contribution < -0.4 is 10.1 Å². The molecule has 0 spiro atoms. The molecule has 0 bridgehead atoms. The monoisotopic (exact) mass is 345 g/mol. The highest BCUT2D eigenvalue weighted by Crippen LogP contribution is 2.15. The lowest BCUT2D eigenvalue weighted by Gasteiger charge is -2.07. The minimum Gasteiger partial charge on any atom is -0.482 e. The summed E-state index contributed by atoms with van der Waals surface area (Å²) in [7, 11) is 1.53. The summed E-state index contributed by atoms with van der Waals surface area (Å²) >= 11 is 3.29. The Labute approximate surface area is 125 Å². The lowest BCUT2D eigenvalue weighted by Crippen LogP contribution is -2.32. The van der Waals surface area contributed by atoms with Gasteiger partial charge in [0.15, 0.2) is 13.2 Å². The van der Waals surface area contributed by atoms with Crippen LogP contribution in [0.5, 0.6) is 5.75 Å². The van der Waals surface area contributed by atoms with E-state index < -0.39 is 5.97 Å². The molecule has 1 N–H and O–H groups in total. The highest BCUT2D eigenvalue weighted by atomic mass is 79.9. The normalized spacial score (nSPS) is 9.90. The smallest absolute Gasteiger partial charge is 0.344 e. The quantitative estimate of drug-likeness (QED) is 0.564. The number of rotatable bonds is 8. The Morgan fingerprint density at radius 3 is 2.55 bits per heavy atom. The molecule has 0 aliphatic carbocycles. The summed E-state index contributed by atoms with van der Waals surface area (Å²) in [5, 5.41) is 2.53. The number of benzene rings is 1. The topological polar surface area (TPSA) is 73.9 Å². The largest absolute Gasteiger partial charge is 0.482 e. The highest BCUT2D eigenvalue weighted by molar-refractivity contribution is 9.10. The number of methoxy groups -OCH3 is 1. The summed E-state index contributed by atoms with van der Waals surface area (Å²) in [6.45, 7) is 0.216. The van der Waals surface area contributed by atoms with E-state index in [2.05, 4.69) is 21.2 Å². The van der Waals surface area contributed by atoms with E-state index in [-0.39, 0.29) is 19.1 Å². The van der Waals surface area contributed by atoms with Gasteiger partial charge in [0.1, 0.15) is 5.75 Å². The molecule has 0 radical (unpaired) electrons. The van der Waals surface area contributed by atoms with Gasteiger partial charge < -0.3 is 19.5 Å². The molecule has 1 aromatic rings. The molecule has 0 atom stereocenters. The van der Waals surface area contributed by atoms with Gasteiger partial charge in [0.05, 0.1) is 6.61 Å². The number of hydrogen-bond acceptors (Lipinski definition) is 5. The van der Waals surface area contributed by atoms with Crippen molar-refractivity contribution in [3.8, 4) is 5.75 Å². The van der Waals surface area contributed by atoms with Gasteiger partial charge in [-0.15, -0.1) is 0 Å². The first-order chi connectivity index (χ1) is 9.61. The molecule has 1 amide bonds. The number of carbonyl (C=O) groups excluding carboxylic acids is 2. The number of esters is 1. The standard InChI is InChI=1S/C13H16BrNO5/c1-18-7-6-15-12(16)8-20-13(17)9-19-11-4-2-10(14)3-5-11/h2-5H,6-9H2,1H3,(H,15,16). The number of hydrogen-bond donors (Lipinski definition) is 1. The Hall–Kier alpha value is -1.60. The van der Waals surface area contributed by atoms with Gasteiger partial charge in [-0.05, 0) is 24.3 Å². The van der Waals surface area contributed by atoms with Crippen molar-refractivity contribution in [2.75, 3.05) is 33.5 Å². The maximum atomic E-state index is 11.4. The lowest BCUT2D eigenvalue weighted by atomic mass is 10.3. The summed E-state index contributed by atoms with van der Waals surface area (Å²) in [6, 6.07) is 7.03. The Morgan fingerprint density at radius 1 is 1.20 bits per heavy atom. The van der Waals surface area contributed by atoms with Crippen molar-refractivity contribution < 1.29 is 23.8 Å². The average Bonchev–Trinajstić information content (AvgIpc) is 2.45. The van der Waals surface area contributed by atoms with Crippen LogP contribution in [0.3, 0.4) is 0 Å². The third-order valence-corrected chi connectivity index (χ3v) is 2.69. The fourth-order valence-electron chi connectivity index (χ4n) is 1.20. The van der Waals surface area contributed by atoms with Crippen molar-refractivity contribution >= 4 is 27.8 Å². The molecule has 0 aliphatic heterocycles. The van der Waals surface area contributed by atoms with Crippen molar-refractivity contribution in [2.24, 2.45) is 0 Å². The van der Waals surface area contributed by atoms with Crippen LogP contribution in [0.4, 0.5) is 0 Å². The van der Waals surface area contributed by atoms with Gasteiger partial charge in [0, 0.05) is 18.1 Å². The number of ether oxygens (including phenoxy) is 3. The second kappa shape index (κ2) is 9.33. The van der Waals surface area contributed by atoms with Gasteiger partial charge in [-0.2, -0.15) is 0 Å². The summed E-state index contributed by atoms with van der Waals surface area (Å²) in [5.74, 6) is -0.427. The Kier molecular flexibility index (Phi) is 7.67. The van der Waals surface area contributed by atoms with E-state index in [4.69, 9.17) is 14.2 Å². The van der Waals surface area contributed by atoms with Crippen LogP contribution in [-0.4, -0.2) is 45.4 Å². The summed E-state index contributed by atoms with van der Waals surface area (Å²) in [6.07, 6.45) is 0. The Morgan fingerprint density at radius 2 is 1.90 bits per heavy atom. The molecule has 1 rings (SSSR count). The zero-order valence-electron chi connectivity index (χ0n) is 11.1. The van der Waals surface area contributed by atoms with Crippen LogP contribution in [0.2, 0.25) is 0 Å². The molecule has 0 fully saturated rings. The van der Waals surface area contributed by atoms with Crippen LogP contribution in [-0.2, 0) is 19.1 Å². The number of halogens is 1. The maximum absolute atomic E-state index is 11.4. The second-order valence-electron chi connectivity index (χ2n) is 3.75. The third-order valence-electron chi connectivity index (χ3n) is 2.16. The first-order valence-corrected chi connectivity index (χ1v) is 6.70. The molecule has 0 aromatic heterocycles. The molecule has 20 heavy (non-hydrogen) atoms. The predicted molar refractivity (Wildman–Crippen MR) is 75.5 cm³/mol. The molecule has 110 valence electrons. The van der Waals surface area contributed by atoms with Crippen LogP contribution >= 0.6 is 15.9 Å². The van der Waals surface area contributed by atoms with Crippen molar-refractivity contribution in [3.05, 3.63) is 28.7 Å². The SMILES string of the molecule is COCCNC(=O)COC(=O)COc1ccc(Br)cc1. The molecule has 0 saturated carbocycles. The second-order valence-corrected chi connectivity index (χ2v) is 4.66. The van der Waals surface area contributed by atoms with Crippen LogP contribution in [0.1, 0.15) is 0 Å². The van der Waals surface area contributed by atoms with E-state index in [1.165, 1.54) is 7.11 Å². The van der Waals surface area contributed by atoms with Gasteiger partial charge >= 0.3 is 5.97 Å². The van der Waals surface area contributed by atoms with E-state index in [1.807, 2.05) is 0 Å². The molecule has 1 aromatic carbocycles. The predicted octanol–water partition coefficient (Wildman–Crippen LogP) is 1.13. The van der Waals surface area contributed by atoms with Crippen LogP contribution in [0.15, 0.2) is 28.7 Å². The molecule has 0 heterocycles. The Balaban J connectivity index is 2.17. The first kappa shape index (κ1) is 16.5. The fourth-order valence-corrected chi connectivity index (χ4v) is 1.47. The number of nitrogens with one attached hydrogen (secondary N) is 1. The van der Waals surface area contributed by atoms with Crippen molar-refractivity contribution in [2.45, 2.75) is 0 Å². The number of amides is 1. The van der Waals surface area contributed by atoms with Crippen molar-refractivity contribution in [1.29, 1.82) is 0 Å². The van der Waals surface area contributed by atoms with Crippen LogP contribution in [0.25, 0.3) is 0 Å². The lowest BCUT2D eigenvalue weighted by molar-refractivity contribution is -0.150. The van der Waals surface area contributed by atoms with Crippen molar-refractivity contribution in [3.63, 3.8) is 0 Å². The zero-order chi connectivity index (χ0) is 14.8. The van der Waals surface area contributed by atoms with Gasteiger partial charge in [-0.25, -0.2) is 4.79 Å². The van der Waals surface area contributed by atoms with Crippen LogP contribution in [0, 0.1) is 0 Å². The molecule has 0 unspecified atom stereocenters. The van der Waals surface area contributed by atoms with E-state index in [9.17, 15) is 9.59 Å². The fraction of sp³-hybridized carbons (Fsp3) is 0.385. The highest BCUT2D eigenvalue weighted by Gasteiger charge is 2.08. The third kappa shape index (κ3) is 7.10. The van der Waals surface area contributed by atoms with Gasteiger partial charge in [0.2, 0.25) is 0 Å². The van der Waals surface area contributed by atoms with E-state index in [0.29, 0.717) is 18.9 Å². The Bertz CT molecular complexity index is 435. The van der Waals surface area contributed by atoms with E-state index in [1.54, 1.807) is 24.3 Å². The molecular weight excluding hydrogens is 330 g/mol. The summed E-state index contributed by atoms with van der Waals surface area (Å²) in [5.41, 5.74) is 0. The van der Waals surface area contributed by atoms with Gasteiger partial charge in [-0.1, -0.05) is 15.9 Å². The van der Waals surface area contributed by atoms with E-state index >= 15 is 0 Å². The van der Waals surface area contributed by atoms with Gasteiger partial charge in [0.25, 0.3) is 5.91 Å². The van der Waals surface area contributed by atoms with Crippen molar-refractivity contribution in [1.82, 2.24) is 5.32 Å². The molecular formula is C13H16BrNO5.